The molecule has 0 saturated carbocycles. The molecule has 1 aliphatic heterocycles. The van der Waals surface area contributed by atoms with Crippen LogP contribution in [0.5, 0.6) is 0 Å². The molecule has 0 spiro atoms. The van der Waals surface area contributed by atoms with Crippen molar-refractivity contribution < 1.29 is 17.9 Å². The highest BCUT2D eigenvalue weighted by atomic mass is 19.4. The fraction of sp³-hybridized carbons (Fsp3) is 1.00. The average molecular weight is 240 g/mol. The summed E-state index contributed by atoms with van der Waals surface area (Å²) >= 11 is 0. The summed E-state index contributed by atoms with van der Waals surface area (Å²) in [6, 6.07) is 0. The van der Waals surface area contributed by atoms with Gasteiger partial charge in [0.25, 0.3) is 0 Å². The maximum absolute atomic E-state index is 11.8. The van der Waals surface area contributed by atoms with Gasteiger partial charge in [-0.05, 0) is 32.4 Å². The number of nitrogens with one attached hydrogen (secondary N) is 1. The standard InChI is InChI=1S/C10H19F3N2O/c1-14-6-9-2-4-15(5-3-9)8-16-7-10(11,12)13/h9,14H,2-8H2,1H3. The third-order valence-corrected chi connectivity index (χ3v) is 2.74. The zero-order valence-electron chi connectivity index (χ0n) is 9.52. The van der Waals surface area contributed by atoms with Crippen LogP contribution in [0.1, 0.15) is 12.8 Å². The summed E-state index contributed by atoms with van der Waals surface area (Å²) in [4.78, 5) is 1.93. The molecule has 96 valence electrons. The van der Waals surface area contributed by atoms with E-state index in [1.807, 2.05) is 11.9 Å². The predicted octanol–water partition coefficient (Wildman–Crippen LogP) is 1.45. The summed E-state index contributed by atoms with van der Waals surface area (Å²) in [6.07, 6.45) is -2.17. The van der Waals surface area contributed by atoms with Crippen molar-refractivity contribution in [2.45, 2.75) is 19.0 Å². The molecule has 0 atom stereocenters. The van der Waals surface area contributed by atoms with Crippen LogP contribution < -0.4 is 5.32 Å². The van der Waals surface area contributed by atoms with Crippen LogP contribution >= 0.6 is 0 Å². The first-order chi connectivity index (χ1) is 7.51. The number of alkyl halides is 3. The number of hydrogen-bond acceptors (Lipinski definition) is 3. The molecule has 0 amide bonds. The van der Waals surface area contributed by atoms with Gasteiger partial charge in [-0.3, -0.25) is 4.90 Å². The van der Waals surface area contributed by atoms with E-state index in [-0.39, 0.29) is 6.73 Å². The van der Waals surface area contributed by atoms with Crippen molar-refractivity contribution in [3.05, 3.63) is 0 Å². The Hall–Kier alpha value is -0.330. The molecule has 0 aromatic carbocycles. The predicted molar refractivity (Wildman–Crippen MR) is 55.1 cm³/mol. The molecule has 1 heterocycles. The second-order valence-electron chi connectivity index (χ2n) is 4.21. The van der Waals surface area contributed by atoms with E-state index in [0.717, 1.165) is 32.5 Å². The summed E-state index contributed by atoms with van der Waals surface area (Å²) in [5.41, 5.74) is 0. The van der Waals surface area contributed by atoms with Gasteiger partial charge in [0.2, 0.25) is 0 Å². The normalized spacial score (nSPS) is 20.2. The average Bonchev–Trinajstić information content (AvgIpc) is 2.19. The van der Waals surface area contributed by atoms with Crippen molar-refractivity contribution >= 4 is 0 Å². The molecule has 0 aromatic rings. The summed E-state index contributed by atoms with van der Waals surface area (Å²) in [5, 5.41) is 3.12. The fourth-order valence-corrected chi connectivity index (χ4v) is 1.90. The van der Waals surface area contributed by atoms with Crippen LogP contribution in [0.4, 0.5) is 13.2 Å². The quantitative estimate of drug-likeness (QED) is 0.787. The lowest BCUT2D eigenvalue weighted by Crippen LogP contribution is -2.38. The van der Waals surface area contributed by atoms with E-state index in [1.165, 1.54) is 0 Å². The summed E-state index contributed by atoms with van der Waals surface area (Å²) in [5.74, 6) is 0.642. The maximum atomic E-state index is 11.8. The summed E-state index contributed by atoms with van der Waals surface area (Å²) in [7, 11) is 1.92. The molecule has 0 unspecified atom stereocenters. The van der Waals surface area contributed by atoms with Crippen LogP contribution in [0.3, 0.4) is 0 Å². The minimum atomic E-state index is -4.22. The van der Waals surface area contributed by atoms with Gasteiger partial charge in [-0.2, -0.15) is 13.2 Å². The molecule has 1 fully saturated rings. The zero-order chi connectivity index (χ0) is 12.0. The third kappa shape index (κ3) is 5.67. The van der Waals surface area contributed by atoms with Crippen LogP contribution in [0.2, 0.25) is 0 Å². The molecule has 0 aliphatic carbocycles. The number of nitrogens with zero attached hydrogens (tertiary/aromatic N) is 1. The molecule has 16 heavy (non-hydrogen) atoms. The van der Waals surface area contributed by atoms with Gasteiger partial charge in [0.15, 0.2) is 0 Å². The molecule has 1 saturated heterocycles. The Morgan fingerprint density at radius 1 is 1.31 bits per heavy atom. The lowest BCUT2D eigenvalue weighted by atomic mass is 9.97. The minimum Gasteiger partial charge on any atom is -0.357 e. The van der Waals surface area contributed by atoms with Crippen molar-refractivity contribution in [1.29, 1.82) is 0 Å². The van der Waals surface area contributed by atoms with E-state index in [2.05, 4.69) is 10.1 Å². The van der Waals surface area contributed by atoms with Crippen molar-refractivity contribution in [2.24, 2.45) is 5.92 Å². The van der Waals surface area contributed by atoms with Crippen LogP contribution in [-0.4, -0.2) is 51.1 Å². The molecule has 1 N–H and O–H groups in total. The number of halogens is 3. The summed E-state index contributed by atoms with van der Waals surface area (Å²) < 4.78 is 40.1. The number of likely N-dealkylation sites (tertiary alicyclic amines) is 1. The summed E-state index contributed by atoms with van der Waals surface area (Å²) in [6.45, 7) is 1.57. The zero-order valence-corrected chi connectivity index (χ0v) is 9.52. The van der Waals surface area contributed by atoms with E-state index >= 15 is 0 Å². The van der Waals surface area contributed by atoms with E-state index in [1.54, 1.807) is 0 Å². The Morgan fingerprint density at radius 2 is 1.94 bits per heavy atom. The number of hydrogen-bond donors (Lipinski definition) is 1. The van der Waals surface area contributed by atoms with Crippen molar-refractivity contribution in [3.8, 4) is 0 Å². The Balaban J connectivity index is 2.08. The highest BCUT2D eigenvalue weighted by Crippen LogP contribution is 2.17. The van der Waals surface area contributed by atoms with E-state index in [0.29, 0.717) is 5.92 Å². The Morgan fingerprint density at radius 3 is 2.44 bits per heavy atom. The molecule has 0 bridgehead atoms. The molecular weight excluding hydrogens is 221 g/mol. The SMILES string of the molecule is CNCC1CCN(COCC(F)(F)F)CC1. The van der Waals surface area contributed by atoms with Gasteiger partial charge in [-0.1, -0.05) is 0 Å². The van der Waals surface area contributed by atoms with Gasteiger partial charge in [0.1, 0.15) is 6.61 Å². The highest BCUT2D eigenvalue weighted by Gasteiger charge is 2.28. The van der Waals surface area contributed by atoms with Crippen LogP contribution in [0, 0.1) is 5.92 Å². The number of ether oxygens (including phenoxy) is 1. The van der Waals surface area contributed by atoms with Gasteiger partial charge >= 0.3 is 6.18 Å². The Kier molecular flexibility index (Phi) is 5.51. The van der Waals surface area contributed by atoms with Crippen LogP contribution in [0.15, 0.2) is 0 Å². The highest BCUT2D eigenvalue weighted by molar-refractivity contribution is 4.71. The largest absolute Gasteiger partial charge is 0.411 e. The topological polar surface area (TPSA) is 24.5 Å². The van der Waals surface area contributed by atoms with E-state index < -0.39 is 12.8 Å². The second kappa shape index (κ2) is 6.42. The lowest BCUT2D eigenvalue weighted by Gasteiger charge is -2.31. The van der Waals surface area contributed by atoms with Crippen molar-refractivity contribution in [2.75, 3.05) is 40.0 Å². The van der Waals surface area contributed by atoms with Crippen LogP contribution in [-0.2, 0) is 4.74 Å². The molecule has 0 radical (unpaired) electrons. The Labute approximate surface area is 93.9 Å². The third-order valence-electron chi connectivity index (χ3n) is 2.74. The molecular formula is C10H19F3N2O. The van der Waals surface area contributed by atoms with Gasteiger partial charge in [0.05, 0.1) is 6.73 Å². The smallest absolute Gasteiger partial charge is 0.357 e. The molecule has 1 rings (SSSR count). The molecule has 1 aliphatic rings. The lowest BCUT2D eigenvalue weighted by molar-refractivity contribution is -0.184. The number of rotatable bonds is 5. The van der Waals surface area contributed by atoms with E-state index in [9.17, 15) is 13.2 Å². The monoisotopic (exact) mass is 240 g/mol. The fourth-order valence-electron chi connectivity index (χ4n) is 1.90. The molecule has 6 heteroatoms. The van der Waals surface area contributed by atoms with Crippen molar-refractivity contribution in [1.82, 2.24) is 10.2 Å². The first-order valence-corrected chi connectivity index (χ1v) is 5.52. The van der Waals surface area contributed by atoms with Gasteiger partial charge in [-0.25, -0.2) is 0 Å². The van der Waals surface area contributed by atoms with Crippen LogP contribution in [0.25, 0.3) is 0 Å². The Bertz CT molecular complexity index is 191. The minimum absolute atomic E-state index is 0.0891. The maximum Gasteiger partial charge on any atom is 0.411 e. The van der Waals surface area contributed by atoms with Gasteiger partial charge in [-0.15, -0.1) is 0 Å². The van der Waals surface area contributed by atoms with Gasteiger partial charge < -0.3 is 10.1 Å². The first kappa shape index (κ1) is 13.7. The first-order valence-electron chi connectivity index (χ1n) is 5.52. The van der Waals surface area contributed by atoms with E-state index in [4.69, 9.17) is 0 Å². The van der Waals surface area contributed by atoms with Gasteiger partial charge in [0, 0.05) is 13.1 Å². The number of piperidine rings is 1. The molecule has 3 nitrogen and oxygen atoms in total. The molecule has 0 aromatic heterocycles. The second-order valence-corrected chi connectivity index (χ2v) is 4.21. The van der Waals surface area contributed by atoms with Crippen molar-refractivity contribution in [3.63, 3.8) is 0 Å².